The third kappa shape index (κ3) is 0.561. The van der Waals surface area contributed by atoms with Gasteiger partial charge in [0, 0.05) is 0 Å². The molecule has 2 heteroatoms. The van der Waals surface area contributed by atoms with Gasteiger partial charge in [-0.2, -0.15) is 0 Å². The quantitative estimate of drug-likeness (QED) is 0.370. The van der Waals surface area contributed by atoms with E-state index in [-0.39, 0.29) is 0 Å². The highest BCUT2D eigenvalue weighted by molar-refractivity contribution is 6.11. The van der Waals surface area contributed by atoms with Gasteiger partial charge in [0.15, 0.2) is 7.85 Å². The minimum absolute atomic E-state index is 0.435. The van der Waals surface area contributed by atoms with E-state index in [2.05, 4.69) is 7.85 Å². The van der Waals surface area contributed by atoms with E-state index >= 15 is 0 Å². The molecule has 0 fully saturated rings. The first-order valence-electron chi connectivity index (χ1n) is 2.20. The zero-order valence-electron chi connectivity index (χ0n) is 3.85. The smallest absolute Gasteiger partial charge is 0.155 e. The van der Waals surface area contributed by atoms with Gasteiger partial charge >= 0.3 is 0 Å². The van der Waals surface area contributed by atoms with E-state index in [0.717, 1.165) is 6.42 Å². The number of hydrogen-bond acceptors (Lipinski definition) is 1. The van der Waals surface area contributed by atoms with Crippen molar-refractivity contribution in [3.8, 4) is 0 Å². The van der Waals surface area contributed by atoms with Crippen LogP contribution < -0.4 is 0 Å². The minimum atomic E-state index is 0.435. The van der Waals surface area contributed by atoms with Crippen LogP contribution in [0.2, 0.25) is 0 Å². The molecule has 0 bridgehead atoms. The molecule has 32 valence electrons. The molecule has 1 unspecified atom stereocenters. The minimum Gasteiger partial charge on any atom is -0.507 e. The van der Waals surface area contributed by atoms with Crippen molar-refractivity contribution in [2.75, 3.05) is 0 Å². The topological polar surface area (TPSA) is 9.23 Å². The number of hydrogen-bond donors (Lipinski definition) is 0. The Bertz CT molecular complexity index is 61.9. The van der Waals surface area contributed by atoms with E-state index in [0.29, 0.717) is 6.00 Å². The molecule has 1 rings (SSSR count). The average molecular weight is 81.9 g/mol. The normalized spacial score (nSPS) is 30.3. The molecule has 0 amide bonds. The van der Waals surface area contributed by atoms with Crippen LogP contribution in [0.1, 0.15) is 6.42 Å². The summed E-state index contributed by atoms with van der Waals surface area (Å²) in [6.07, 6.45) is 4.87. The van der Waals surface area contributed by atoms with Crippen molar-refractivity contribution in [3.63, 3.8) is 0 Å². The molecule has 0 saturated carbocycles. The van der Waals surface area contributed by atoms with Crippen LogP contribution in [0.15, 0.2) is 12.3 Å². The van der Waals surface area contributed by atoms with Crippen LogP contribution >= 0.6 is 0 Å². The molecule has 0 aromatic heterocycles. The first-order chi connectivity index (χ1) is 2.89. The highest BCUT2D eigenvalue weighted by Gasteiger charge is 2.00. The molecule has 0 aliphatic carbocycles. The molecular weight excluding hydrogens is 74.9 g/mol. The molecule has 6 heavy (non-hydrogen) atoms. The van der Waals surface area contributed by atoms with Crippen LogP contribution in [0.25, 0.3) is 0 Å². The van der Waals surface area contributed by atoms with Gasteiger partial charge in [0.1, 0.15) is 0 Å². The van der Waals surface area contributed by atoms with Crippen molar-refractivity contribution in [2.24, 2.45) is 0 Å². The lowest BCUT2D eigenvalue weighted by Gasteiger charge is -1.97. The van der Waals surface area contributed by atoms with Gasteiger partial charge in [0.05, 0.1) is 12.3 Å². The molecule has 0 saturated heterocycles. The Morgan fingerprint density at radius 3 is 2.83 bits per heavy atom. The van der Waals surface area contributed by atoms with Gasteiger partial charge in [0.2, 0.25) is 0 Å². The molecule has 1 aliphatic heterocycles. The van der Waals surface area contributed by atoms with Crippen molar-refractivity contribution < 1.29 is 4.74 Å². The number of ether oxygens (including phenoxy) is 1. The monoisotopic (exact) mass is 82.1 g/mol. The number of rotatable bonds is 0. The Morgan fingerprint density at radius 2 is 2.67 bits per heavy atom. The van der Waals surface area contributed by atoms with Gasteiger partial charge in [-0.15, -0.1) is 0 Å². The van der Waals surface area contributed by atoms with Crippen LogP contribution in [-0.2, 0) is 4.74 Å². The Hall–Kier alpha value is -0.395. The summed E-state index contributed by atoms with van der Waals surface area (Å²) in [5, 5.41) is 0. The van der Waals surface area contributed by atoms with Crippen LogP contribution in [0.5, 0.6) is 0 Å². The summed E-state index contributed by atoms with van der Waals surface area (Å²) in [6, 6.07) is 0.435. The zero-order chi connectivity index (χ0) is 4.41. The van der Waals surface area contributed by atoms with Crippen molar-refractivity contribution >= 4 is 7.85 Å². The van der Waals surface area contributed by atoms with E-state index in [1.165, 1.54) is 0 Å². The summed E-state index contributed by atoms with van der Waals surface area (Å²) in [6.45, 7) is 0. The second-order valence-corrected chi connectivity index (χ2v) is 1.55. The van der Waals surface area contributed by atoms with E-state index in [1.54, 1.807) is 6.26 Å². The first-order valence-corrected chi connectivity index (χ1v) is 2.20. The van der Waals surface area contributed by atoms with Crippen molar-refractivity contribution in [1.29, 1.82) is 0 Å². The van der Waals surface area contributed by atoms with Crippen LogP contribution in [-0.4, -0.2) is 13.8 Å². The van der Waals surface area contributed by atoms with Gasteiger partial charge in [-0.3, -0.25) is 0 Å². The largest absolute Gasteiger partial charge is 0.507 e. The molecule has 1 nitrogen and oxygen atoms in total. The fraction of sp³-hybridized carbons (Fsp3) is 0.500. The fourth-order valence-corrected chi connectivity index (χ4v) is 0.492. The van der Waals surface area contributed by atoms with Gasteiger partial charge < -0.3 is 4.74 Å². The standard InChI is InChI=1S/C4H7BO/c5-4-2-1-3-6-4/h1,3-4H,2,5H2. The van der Waals surface area contributed by atoms with Crippen molar-refractivity contribution in [1.82, 2.24) is 0 Å². The van der Waals surface area contributed by atoms with E-state index in [4.69, 9.17) is 4.74 Å². The van der Waals surface area contributed by atoms with Gasteiger partial charge in [-0.1, -0.05) is 0 Å². The van der Waals surface area contributed by atoms with Crippen LogP contribution in [0.3, 0.4) is 0 Å². The predicted octanol–water partition coefficient (Wildman–Crippen LogP) is -0.120. The third-order valence-electron chi connectivity index (χ3n) is 0.875. The van der Waals surface area contributed by atoms with Crippen molar-refractivity contribution in [3.05, 3.63) is 12.3 Å². The SMILES string of the molecule is BC1CC=CO1. The van der Waals surface area contributed by atoms with Crippen molar-refractivity contribution in [2.45, 2.75) is 12.4 Å². The maximum absolute atomic E-state index is 4.97. The highest BCUT2D eigenvalue weighted by atomic mass is 16.5. The maximum atomic E-state index is 4.97. The molecule has 1 aliphatic rings. The summed E-state index contributed by atoms with van der Waals surface area (Å²) in [5.41, 5.74) is 0. The summed E-state index contributed by atoms with van der Waals surface area (Å²) in [4.78, 5) is 0. The summed E-state index contributed by atoms with van der Waals surface area (Å²) < 4.78 is 4.97. The van der Waals surface area contributed by atoms with Gasteiger partial charge in [-0.25, -0.2) is 0 Å². The molecule has 1 atom stereocenters. The third-order valence-corrected chi connectivity index (χ3v) is 0.875. The molecule has 0 aromatic carbocycles. The maximum Gasteiger partial charge on any atom is 0.155 e. The second-order valence-electron chi connectivity index (χ2n) is 1.55. The highest BCUT2D eigenvalue weighted by Crippen LogP contribution is 2.02. The Morgan fingerprint density at radius 1 is 1.83 bits per heavy atom. The van der Waals surface area contributed by atoms with E-state index < -0.39 is 0 Å². The molecule has 0 radical (unpaired) electrons. The fourth-order valence-electron chi connectivity index (χ4n) is 0.492. The second kappa shape index (κ2) is 1.37. The zero-order valence-corrected chi connectivity index (χ0v) is 3.85. The summed E-state index contributed by atoms with van der Waals surface area (Å²) in [7, 11) is 2.06. The van der Waals surface area contributed by atoms with E-state index in [1.807, 2.05) is 6.08 Å². The molecule has 0 N–H and O–H groups in total. The lowest BCUT2D eigenvalue weighted by molar-refractivity contribution is 0.243. The average Bonchev–Trinajstić information content (AvgIpc) is 1.86. The Kier molecular flexibility index (Phi) is 0.865. The summed E-state index contributed by atoms with van der Waals surface area (Å²) in [5.74, 6) is 0. The molecule has 1 heterocycles. The van der Waals surface area contributed by atoms with Gasteiger partial charge in [0.25, 0.3) is 0 Å². The first kappa shape index (κ1) is 3.78. The molecule has 0 spiro atoms. The van der Waals surface area contributed by atoms with Crippen LogP contribution in [0, 0.1) is 0 Å². The molecular formula is C4H7BO. The lowest BCUT2D eigenvalue weighted by Crippen LogP contribution is -2.01. The summed E-state index contributed by atoms with van der Waals surface area (Å²) >= 11 is 0. The van der Waals surface area contributed by atoms with E-state index in [9.17, 15) is 0 Å². The predicted molar refractivity (Wildman–Crippen MR) is 27.2 cm³/mol. The van der Waals surface area contributed by atoms with Gasteiger partial charge in [-0.05, 0) is 12.5 Å². The van der Waals surface area contributed by atoms with Crippen LogP contribution in [0.4, 0.5) is 0 Å². The Balaban J connectivity index is 2.32. The Labute approximate surface area is 38.4 Å². The lowest BCUT2D eigenvalue weighted by atomic mass is 9.98. The molecule has 0 aromatic rings.